The molecule has 0 bridgehead atoms. The van der Waals surface area contributed by atoms with E-state index < -0.39 is 0 Å². The summed E-state index contributed by atoms with van der Waals surface area (Å²) >= 11 is 1.79. The Morgan fingerprint density at radius 2 is 1.29 bits per heavy atom. The van der Waals surface area contributed by atoms with Crippen molar-refractivity contribution in [2.45, 2.75) is 9.79 Å². The van der Waals surface area contributed by atoms with E-state index in [9.17, 15) is 0 Å². The van der Waals surface area contributed by atoms with E-state index in [-0.39, 0.29) is 0 Å². The van der Waals surface area contributed by atoms with E-state index in [4.69, 9.17) is 14.4 Å². The minimum Gasteiger partial charge on any atom is -0.455 e. The maximum atomic E-state index is 6.41. The van der Waals surface area contributed by atoms with Crippen molar-refractivity contribution in [2.24, 2.45) is 0 Å². The molecular formula is C36H19N3OS. The quantitative estimate of drug-likeness (QED) is 0.207. The van der Waals surface area contributed by atoms with E-state index in [2.05, 4.69) is 108 Å². The Morgan fingerprint density at radius 1 is 0.537 bits per heavy atom. The van der Waals surface area contributed by atoms with Crippen LogP contribution in [0, 0.1) is 0 Å². The van der Waals surface area contributed by atoms with E-state index in [1.54, 1.807) is 11.8 Å². The van der Waals surface area contributed by atoms with Gasteiger partial charge in [-0.3, -0.25) is 4.57 Å². The third kappa shape index (κ3) is 2.81. The second-order valence-corrected chi connectivity index (χ2v) is 11.7. The molecule has 10 rings (SSSR count). The van der Waals surface area contributed by atoms with Gasteiger partial charge >= 0.3 is 0 Å². The second kappa shape index (κ2) is 7.74. The number of para-hydroxylation sites is 2. The van der Waals surface area contributed by atoms with E-state index in [1.165, 1.54) is 20.6 Å². The first-order valence-corrected chi connectivity index (χ1v) is 14.5. The maximum absolute atomic E-state index is 6.41. The summed E-state index contributed by atoms with van der Waals surface area (Å²) in [4.78, 5) is 12.9. The Bertz CT molecular complexity index is 2580. The SMILES string of the molecule is c1ccc2c(c1)Sc1cccc3nc(-n4c5ccccc5c5c6ccc7c8ccccc8oc7c6ccc54)nc-2c13. The molecule has 0 atom stereocenters. The van der Waals surface area contributed by atoms with Gasteiger partial charge in [-0.25, -0.2) is 9.97 Å². The summed E-state index contributed by atoms with van der Waals surface area (Å²) in [6.07, 6.45) is 0. The highest BCUT2D eigenvalue weighted by molar-refractivity contribution is 7.99. The summed E-state index contributed by atoms with van der Waals surface area (Å²) in [5.74, 6) is 0.682. The lowest BCUT2D eigenvalue weighted by atomic mass is 10.0. The molecule has 0 spiro atoms. The summed E-state index contributed by atoms with van der Waals surface area (Å²) in [6, 6.07) is 40.5. The normalized spacial score (nSPS) is 12.8. The van der Waals surface area contributed by atoms with Crippen molar-refractivity contribution in [3.05, 3.63) is 115 Å². The minimum absolute atomic E-state index is 0.682. The van der Waals surface area contributed by atoms with Gasteiger partial charge in [0.15, 0.2) is 0 Å². The number of hydrogen-bond donors (Lipinski definition) is 0. The standard InChI is InChI=1S/C36H19N3OS/c1-4-12-27-24(9-1)32-21-16-17-22-20-8-2-5-13-29(20)40-35(22)23(21)18-19-28(32)39(27)36-37-26-11-7-15-31-33(26)34(38-36)25-10-3-6-14-30(25)41-31/h1-19H. The average Bonchev–Trinajstić information content (AvgIpc) is 3.57. The first-order valence-electron chi connectivity index (χ1n) is 13.7. The van der Waals surface area contributed by atoms with Crippen LogP contribution in [-0.2, 0) is 0 Å². The molecule has 0 saturated heterocycles. The molecule has 4 nitrogen and oxygen atoms in total. The van der Waals surface area contributed by atoms with Gasteiger partial charge in [-0.1, -0.05) is 78.5 Å². The Morgan fingerprint density at radius 3 is 2.27 bits per heavy atom. The molecule has 0 unspecified atom stereocenters. The summed E-state index contributed by atoms with van der Waals surface area (Å²) in [7, 11) is 0. The van der Waals surface area contributed by atoms with Crippen molar-refractivity contribution in [1.29, 1.82) is 0 Å². The van der Waals surface area contributed by atoms with Crippen LogP contribution in [0.3, 0.4) is 0 Å². The van der Waals surface area contributed by atoms with Crippen LogP contribution in [0.2, 0.25) is 0 Å². The molecule has 5 heteroatoms. The van der Waals surface area contributed by atoms with Crippen LogP contribution in [-0.4, -0.2) is 14.5 Å². The molecule has 190 valence electrons. The van der Waals surface area contributed by atoms with Crippen LogP contribution in [0.15, 0.2) is 129 Å². The van der Waals surface area contributed by atoms with E-state index >= 15 is 0 Å². The molecule has 0 saturated carbocycles. The highest BCUT2D eigenvalue weighted by Crippen LogP contribution is 2.47. The topological polar surface area (TPSA) is 43.9 Å². The fraction of sp³-hybridized carbons (Fsp3) is 0. The lowest BCUT2D eigenvalue weighted by molar-refractivity contribution is 0.672. The van der Waals surface area contributed by atoms with Crippen molar-refractivity contribution in [2.75, 3.05) is 0 Å². The first kappa shape index (κ1) is 21.7. The van der Waals surface area contributed by atoms with Gasteiger partial charge < -0.3 is 4.42 Å². The largest absolute Gasteiger partial charge is 0.455 e. The zero-order valence-corrected chi connectivity index (χ0v) is 22.4. The predicted molar refractivity (Wildman–Crippen MR) is 168 cm³/mol. The fourth-order valence-corrected chi connectivity index (χ4v) is 7.77. The Hall–Kier alpha value is -5.13. The van der Waals surface area contributed by atoms with Crippen molar-refractivity contribution >= 4 is 77.2 Å². The molecule has 1 aliphatic heterocycles. The Kier molecular flexibility index (Phi) is 4.09. The molecule has 0 fully saturated rings. The van der Waals surface area contributed by atoms with E-state index in [0.29, 0.717) is 5.95 Å². The summed E-state index contributed by atoms with van der Waals surface area (Å²) < 4.78 is 8.64. The van der Waals surface area contributed by atoms with Gasteiger partial charge in [-0.15, -0.1) is 0 Å². The van der Waals surface area contributed by atoms with Crippen molar-refractivity contribution in [3.8, 4) is 17.2 Å². The first-order chi connectivity index (χ1) is 20.3. The smallest absolute Gasteiger partial charge is 0.235 e. The van der Waals surface area contributed by atoms with Crippen molar-refractivity contribution in [1.82, 2.24) is 14.5 Å². The molecule has 9 aromatic rings. The lowest BCUT2D eigenvalue weighted by Gasteiger charge is -2.20. The number of benzene rings is 6. The zero-order valence-electron chi connectivity index (χ0n) is 21.6. The number of rotatable bonds is 1. The van der Waals surface area contributed by atoms with Crippen LogP contribution < -0.4 is 0 Å². The molecule has 3 aromatic heterocycles. The number of fused-ring (bicyclic) bond motifs is 11. The average molecular weight is 542 g/mol. The molecule has 4 heterocycles. The summed E-state index contributed by atoms with van der Waals surface area (Å²) in [6.45, 7) is 0. The number of hydrogen-bond acceptors (Lipinski definition) is 4. The molecule has 0 N–H and O–H groups in total. The summed E-state index contributed by atoms with van der Waals surface area (Å²) in [5.41, 5.74) is 7.11. The zero-order chi connectivity index (χ0) is 26.7. The fourth-order valence-electron chi connectivity index (χ4n) is 6.66. The Labute approximate surface area is 237 Å². The molecule has 0 radical (unpaired) electrons. The molecule has 6 aromatic carbocycles. The lowest BCUT2D eigenvalue weighted by Crippen LogP contribution is -2.05. The molecular weight excluding hydrogens is 522 g/mol. The second-order valence-electron chi connectivity index (χ2n) is 10.6. The van der Waals surface area contributed by atoms with Gasteiger partial charge in [0.25, 0.3) is 0 Å². The van der Waals surface area contributed by atoms with Crippen LogP contribution in [0.25, 0.3) is 82.6 Å². The van der Waals surface area contributed by atoms with Gasteiger partial charge in [0.05, 0.1) is 22.2 Å². The third-order valence-corrected chi connectivity index (χ3v) is 9.55. The van der Waals surface area contributed by atoms with Crippen molar-refractivity contribution < 1.29 is 4.42 Å². The van der Waals surface area contributed by atoms with E-state index in [1.807, 2.05) is 12.1 Å². The molecule has 0 aliphatic carbocycles. The number of furan rings is 1. The number of nitrogens with zero attached hydrogens (tertiary/aromatic N) is 3. The minimum atomic E-state index is 0.682. The highest BCUT2D eigenvalue weighted by atomic mass is 32.2. The highest BCUT2D eigenvalue weighted by Gasteiger charge is 2.24. The van der Waals surface area contributed by atoms with Gasteiger partial charge in [-0.2, -0.15) is 0 Å². The monoisotopic (exact) mass is 541 g/mol. The Balaban J connectivity index is 1.34. The van der Waals surface area contributed by atoms with E-state index in [0.717, 1.165) is 65.9 Å². The van der Waals surface area contributed by atoms with Crippen molar-refractivity contribution in [3.63, 3.8) is 0 Å². The van der Waals surface area contributed by atoms with Gasteiger partial charge in [0.1, 0.15) is 11.2 Å². The molecule has 1 aliphatic rings. The van der Waals surface area contributed by atoms with Gasteiger partial charge in [-0.05, 0) is 53.9 Å². The number of aromatic nitrogens is 3. The predicted octanol–water partition coefficient (Wildman–Crippen LogP) is 9.91. The van der Waals surface area contributed by atoms with Crippen LogP contribution in [0.1, 0.15) is 0 Å². The maximum Gasteiger partial charge on any atom is 0.235 e. The van der Waals surface area contributed by atoms with Crippen LogP contribution in [0.5, 0.6) is 0 Å². The summed E-state index contributed by atoms with van der Waals surface area (Å²) in [5, 5.41) is 8.03. The molecule has 41 heavy (non-hydrogen) atoms. The van der Waals surface area contributed by atoms with Crippen LogP contribution in [0.4, 0.5) is 0 Å². The third-order valence-electron chi connectivity index (χ3n) is 8.41. The van der Waals surface area contributed by atoms with Gasteiger partial charge in [0, 0.05) is 47.7 Å². The molecule has 0 amide bonds. The van der Waals surface area contributed by atoms with Crippen LogP contribution >= 0.6 is 11.8 Å². The van der Waals surface area contributed by atoms with Gasteiger partial charge in [0.2, 0.25) is 5.95 Å².